The van der Waals surface area contributed by atoms with E-state index in [1.807, 2.05) is 23.6 Å². The van der Waals surface area contributed by atoms with Gasteiger partial charge in [-0.3, -0.25) is 19.3 Å². The van der Waals surface area contributed by atoms with Gasteiger partial charge in [0.2, 0.25) is 17.7 Å². The molecule has 3 saturated heterocycles. The van der Waals surface area contributed by atoms with Gasteiger partial charge in [-0.05, 0) is 55.3 Å². The molecule has 0 bridgehead atoms. The summed E-state index contributed by atoms with van der Waals surface area (Å²) in [6.07, 6.45) is 2.82. The standard InChI is InChI=1S/C28H38ClN5O5S2/c1-19(2)27(36)32-13-11-31(12-14-32)17-22-5-3-10-34(22)25(35)18-33-9-4-6-23(28(33)37)30-41(38,39)26-16-20-15-21(29)7-8-24(20)40-26/h7-8,15-16,19,22-23,30H,3-6,9-14,17-18H2,1-2H3/t22-,23-/m0/s1. The number of fused-ring (bicyclic) bond motifs is 1. The fourth-order valence-corrected chi connectivity index (χ4v) is 8.80. The topological polar surface area (TPSA) is 110 Å². The summed E-state index contributed by atoms with van der Waals surface area (Å²) < 4.78 is 29.8. The van der Waals surface area contributed by atoms with E-state index >= 15 is 0 Å². The van der Waals surface area contributed by atoms with Crippen LogP contribution < -0.4 is 4.72 Å². The third-order valence-corrected chi connectivity index (χ3v) is 11.5. The third kappa shape index (κ3) is 6.88. The minimum Gasteiger partial charge on any atom is -0.340 e. The van der Waals surface area contributed by atoms with Crippen molar-refractivity contribution in [2.24, 2.45) is 5.92 Å². The lowest BCUT2D eigenvalue weighted by Crippen LogP contribution is -2.56. The van der Waals surface area contributed by atoms with Gasteiger partial charge in [0.15, 0.2) is 0 Å². The number of piperidine rings is 1. The summed E-state index contributed by atoms with van der Waals surface area (Å²) in [4.78, 5) is 46.6. The van der Waals surface area contributed by atoms with Crippen molar-refractivity contribution in [3.8, 4) is 0 Å². The van der Waals surface area contributed by atoms with Crippen molar-refractivity contribution >= 4 is 60.8 Å². The number of nitrogens with zero attached hydrogens (tertiary/aromatic N) is 4. The highest BCUT2D eigenvalue weighted by Crippen LogP contribution is 2.31. The summed E-state index contributed by atoms with van der Waals surface area (Å²) >= 11 is 7.18. The third-order valence-electron chi connectivity index (χ3n) is 8.22. The quantitative estimate of drug-likeness (QED) is 0.484. The lowest BCUT2D eigenvalue weighted by molar-refractivity contribution is -0.143. The average Bonchev–Trinajstić information content (AvgIpc) is 3.58. The highest BCUT2D eigenvalue weighted by molar-refractivity contribution is 7.91. The SMILES string of the molecule is CC(C)C(=O)N1CCN(C[C@@H]2CCCN2C(=O)CN2CCC[C@H](NS(=O)(=O)c3cc4cc(Cl)ccc4s3)C2=O)CC1. The lowest BCUT2D eigenvalue weighted by Gasteiger charge is -2.38. The predicted octanol–water partition coefficient (Wildman–Crippen LogP) is 2.62. The van der Waals surface area contributed by atoms with Crippen molar-refractivity contribution in [1.82, 2.24) is 24.3 Å². The maximum atomic E-state index is 13.4. The first-order valence-electron chi connectivity index (χ1n) is 14.3. The summed E-state index contributed by atoms with van der Waals surface area (Å²) in [6.45, 7) is 8.60. The largest absolute Gasteiger partial charge is 0.340 e. The van der Waals surface area contributed by atoms with Crippen molar-refractivity contribution < 1.29 is 22.8 Å². The lowest BCUT2D eigenvalue weighted by atomic mass is 10.1. The molecule has 3 aliphatic heterocycles. The van der Waals surface area contributed by atoms with Gasteiger partial charge in [-0.25, -0.2) is 8.42 Å². The maximum Gasteiger partial charge on any atom is 0.250 e. The van der Waals surface area contributed by atoms with E-state index in [1.54, 1.807) is 24.3 Å². The van der Waals surface area contributed by atoms with Crippen molar-refractivity contribution in [3.63, 3.8) is 0 Å². The van der Waals surface area contributed by atoms with Crippen LogP contribution in [0.1, 0.15) is 39.5 Å². The van der Waals surface area contributed by atoms with E-state index < -0.39 is 16.1 Å². The van der Waals surface area contributed by atoms with Crippen molar-refractivity contribution in [2.75, 3.05) is 52.4 Å². The maximum absolute atomic E-state index is 13.4. The molecule has 0 aliphatic carbocycles. The average molecular weight is 624 g/mol. The molecule has 5 rings (SSSR count). The summed E-state index contributed by atoms with van der Waals surface area (Å²) in [6, 6.07) is 5.94. The zero-order valence-corrected chi connectivity index (χ0v) is 25.9. The molecule has 1 aromatic carbocycles. The van der Waals surface area contributed by atoms with E-state index in [0.29, 0.717) is 44.0 Å². The fraction of sp³-hybridized carbons (Fsp3) is 0.607. The molecule has 13 heteroatoms. The second-order valence-electron chi connectivity index (χ2n) is 11.5. The number of rotatable bonds is 8. The number of piperazine rings is 1. The first-order chi connectivity index (χ1) is 19.5. The van der Waals surface area contributed by atoms with Crippen LogP contribution in [0.2, 0.25) is 5.02 Å². The predicted molar refractivity (Wildman–Crippen MR) is 159 cm³/mol. The van der Waals surface area contributed by atoms with Gasteiger partial charge in [0.1, 0.15) is 10.3 Å². The van der Waals surface area contributed by atoms with Crippen LogP contribution >= 0.6 is 22.9 Å². The number of amides is 3. The first kappa shape index (κ1) is 30.2. The molecule has 3 aliphatic rings. The number of likely N-dealkylation sites (tertiary alicyclic amines) is 2. The van der Waals surface area contributed by atoms with Crippen LogP contribution in [0.3, 0.4) is 0 Å². The van der Waals surface area contributed by atoms with Crippen LogP contribution in [0.4, 0.5) is 0 Å². The Morgan fingerprint density at radius 3 is 2.51 bits per heavy atom. The van der Waals surface area contributed by atoms with E-state index in [4.69, 9.17) is 11.6 Å². The minimum absolute atomic E-state index is 0.00709. The molecule has 4 heterocycles. The second kappa shape index (κ2) is 12.5. The molecule has 0 radical (unpaired) electrons. The fourth-order valence-electron chi connectivity index (χ4n) is 6.00. The Balaban J connectivity index is 1.16. The van der Waals surface area contributed by atoms with Crippen LogP contribution in [0.5, 0.6) is 0 Å². The Labute approximate surface area is 250 Å². The van der Waals surface area contributed by atoms with Crippen molar-refractivity contribution in [1.29, 1.82) is 0 Å². The number of hydrogen-bond donors (Lipinski definition) is 1. The minimum atomic E-state index is -3.92. The number of halogens is 1. The molecule has 2 aromatic rings. The van der Waals surface area contributed by atoms with Gasteiger partial charge in [0, 0.05) is 67.5 Å². The normalized spacial score (nSPS) is 22.7. The van der Waals surface area contributed by atoms with Crippen molar-refractivity contribution in [3.05, 3.63) is 29.3 Å². The smallest absolute Gasteiger partial charge is 0.250 e. The van der Waals surface area contributed by atoms with Gasteiger partial charge in [0.25, 0.3) is 10.0 Å². The Morgan fingerprint density at radius 1 is 1.05 bits per heavy atom. The second-order valence-corrected chi connectivity index (χ2v) is 14.9. The van der Waals surface area contributed by atoms with Gasteiger partial charge >= 0.3 is 0 Å². The Kier molecular flexibility index (Phi) is 9.25. The molecule has 0 unspecified atom stereocenters. The molecule has 3 fully saturated rings. The summed E-state index contributed by atoms with van der Waals surface area (Å²) in [5, 5.41) is 1.26. The van der Waals surface area contributed by atoms with Gasteiger partial charge in [-0.2, -0.15) is 4.72 Å². The van der Waals surface area contributed by atoms with Gasteiger partial charge in [0.05, 0.1) is 6.54 Å². The summed E-state index contributed by atoms with van der Waals surface area (Å²) in [7, 11) is -3.92. The van der Waals surface area contributed by atoms with E-state index in [2.05, 4.69) is 9.62 Å². The van der Waals surface area contributed by atoms with E-state index in [9.17, 15) is 22.8 Å². The monoisotopic (exact) mass is 623 g/mol. The molecule has 2 atom stereocenters. The molecule has 0 spiro atoms. The number of carbonyl (C=O) groups is 3. The molecule has 3 amide bonds. The van der Waals surface area contributed by atoms with E-state index in [1.165, 1.54) is 4.90 Å². The molecule has 0 saturated carbocycles. The van der Waals surface area contributed by atoms with Crippen LogP contribution in [0.15, 0.2) is 28.5 Å². The molecular weight excluding hydrogens is 586 g/mol. The Bertz CT molecular complexity index is 1410. The van der Waals surface area contributed by atoms with Crippen LogP contribution in [-0.4, -0.2) is 110 Å². The number of thiophene rings is 1. The number of hydrogen-bond acceptors (Lipinski definition) is 7. The number of carbonyl (C=O) groups excluding carboxylic acids is 3. The number of sulfonamides is 1. The molecule has 1 N–H and O–H groups in total. The number of benzene rings is 1. The Morgan fingerprint density at radius 2 is 1.78 bits per heavy atom. The zero-order chi connectivity index (χ0) is 29.3. The van der Waals surface area contributed by atoms with Gasteiger partial charge in [-0.15, -0.1) is 11.3 Å². The summed E-state index contributed by atoms with van der Waals surface area (Å²) in [5.74, 6) is -0.284. The zero-order valence-electron chi connectivity index (χ0n) is 23.6. The number of nitrogens with one attached hydrogen (secondary N) is 1. The van der Waals surface area contributed by atoms with Gasteiger partial charge < -0.3 is 14.7 Å². The molecular formula is C28H38ClN5O5S2. The van der Waals surface area contributed by atoms with Crippen molar-refractivity contribution in [2.45, 2.75) is 55.8 Å². The van der Waals surface area contributed by atoms with Gasteiger partial charge in [-0.1, -0.05) is 25.4 Å². The highest BCUT2D eigenvalue weighted by atomic mass is 35.5. The highest BCUT2D eigenvalue weighted by Gasteiger charge is 2.37. The van der Waals surface area contributed by atoms with Crippen LogP contribution in [0, 0.1) is 5.92 Å². The summed E-state index contributed by atoms with van der Waals surface area (Å²) in [5.41, 5.74) is 0. The van der Waals surface area contributed by atoms with E-state index in [0.717, 1.165) is 53.9 Å². The molecule has 10 nitrogen and oxygen atoms in total. The first-order valence-corrected chi connectivity index (χ1v) is 17.0. The molecule has 1 aromatic heterocycles. The Hall–Kier alpha value is -2.25. The van der Waals surface area contributed by atoms with Crippen LogP contribution in [0.25, 0.3) is 10.1 Å². The van der Waals surface area contributed by atoms with E-state index in [-0.39, 0.29) is 40.4 Å². The molecule has 224 valence electrons. The van der Waals surface area contributed by atoms with Crippen LogP contribution in [-0.2, 0) is 24.4 Å². The molecule has 41 heavy (non-hydrogen) atoms.